The highest BCUT2D eigenvalue weighted by atomic mass is 16.5. The zero-order valence-corrected chi connectivity index (χ0v) is 9.16. The number of aldehydes is 1. The molecule has 3 heteroatoms. The molecule has 1 aromatic rings. The maximum Gasteiger partial charge on any atom is 0.160 e. The summed E-state index contributed by atoms with van der Waals surface area (Å²) < 4.78 is 5.34. The van der Waals surface area contributed by atoms with Gasteiger partial charge in [-0.25, -0.2) is 0 Å². The summed E-state index contributed by atoms with van der Waals surface area (Å²) in [5, 5.41) is 0. The van der Waals surface area contributed by atoms with Crippen LogP contribution in [0.25, 0.3) is 0 Å². The Morgan fingerprint density at radius 1 is 1.47 bits per heavy atom. The molecule has 0 spiro atoms. The molecule has 0 aliphatic rings. The number of hydrogen-bond acceptors (Lipinski definition) is 3. The van der Waals surface area contributed by atoms with Crippen LogP contribution in [0.2, 0.25) is 0 Å². The molecule has 0 atom stereocenters. The van der Waals surface area contributed by atoms with E-state index >= 15 is 0 Å². The molecule has 0 heterocycles. The predicted octanol–water partition coefficient (Wildman–Crippen LogP) is 2.41. The van der Waals surface area contributed by atoms with Crippen molar-refractivity contribution in [2.75, 3.05) is 6.61 Å². The van der Waals surface area contributed by atoms with Gasteiger partial charge in [0.25, 0.3) is 0 Å². The van der Waals surface area contributed by atoms with Crippen molar-refractivity contribution in [3.05, 3.63) is 28.8 Å². The Kier molecular flexibility index (Phi) is 3.61. The zero-order chi connectivity index (χ0) is 11.4. The SMILES string of the molecule is CCOc1cc(C=O)c(C(C)=O)cc1C. The van der Waals surface area contributed by atoms with E-state index in [1.54, 1.807) is 12.1 Å². The fraction of sp³-hybridized carbons (Fsp3) is 0.333. The van der Waals surface area contributed by atoms with Crippen LogP contribution >= 0.6 is 0 Å². The van der Waals surface area contributed by atoms with Crippen molar-refractivity contribution >= 4 is 12.1 Å². The lowest BCUT2D eigenvalue weighted by atomic mass is 10.0. The third-order valence-electron chi connectivity index (χ3n) is 2.15. The third-order valence-corrected chi connectivity index (χ3v) is 2.15. The first-order valence-corrected chi connectivity index (χ1v) is 4.83. The zero-order valence-electron chi connectivity index (χ0n) is 9.16. The minimum atomic E-state index is -0.108. The molecular weight excluding hydrogens is 192 g/mol. The van der Waals surface area contributed by atoms with Gasteiger partial charge in [-0.05, 0) is 38.5 Å². The van der Waals surface area contributed by atoms with Crippen molar-refractivity contribution in [2.24, 2.45) is 0 Å². The lowest BCUT2D eigenvalue weighted by Gasteiger charge is -2.09. The molecule has 80 valence electrons. The van der Waals surface area contributed by atoms with Crippen LogP contribution in [0.5, 0.6) is 5.75 Å². The topological polar surface area (TPSA) is 43.4 Å². The third kappa shape index (κ3) is 2.43. The Balaban J connectivity index is 3.28. The Bertz CT molecular complexity index is 394. The van der Waals surface area contributed by atoms with Crippen molar-refractivity contribution < 1.29 is 14.3 Å². The molecule has 0 amide bonds. The van der Waals surface area contributed by atoms with Gasteiger partial charge in [-0.15, -0.1) is 0 Å². The van der Waals surface area contributed by atoms with Crippen molar-refractivity contribution in [1.82, 2.24) is 0 Å². The number of ketones is 1. The van der Waals surface area contributed by atoms with Gasteiger partial charge in [-0.1, -0.05) is 0 Å². The molecule has 0 radical (unpaired) electrons. The number of carbonyl (C=O) groups excluding carboxylic acids is 2. The first kappa shape index (κ1) is 11.4. The van der Waals surface area contributed by atoms with Crippen LogP contribution in [0.15, 0.2) is 12.1 Å². The number of carbonyl (C=O) groups is 2. The van der Waals surface area contributed by atoms with Crippen LogP contribution in [-0.2, 0) is 0 Å². The molecule has 1 aromatic carbocycles. The molecule has 0 aliphatic heterocycles. The molecule has 0 unspecified atom stereocenters. The summed E-state index contributed by atoms with van der Waals surface area (Å²) in [5.74, 6) is 0.549. The monoisotopic (exact) mass is 206 g/mol. The van der Waals surface area contributed by atoms with Crippen molar-refractivity contribution in [1.29, 1.82) is 0 Å². The van der Waals surface area contributed by atoms with Crippen LogP contribution in [0.4, 0.5) is 0 Å². The van der Waals surface area contributed by atoms with E-state index in [1.807, 2.05) is 13.8 Å². The number of aryl methyl sites for hydroxylation is 1. The molecule has 0 aromatic heterocycles. The summed E-state index contributed by atoms with van der Waals surface area (Å²) in [7, 11) is 0. The van der Waals surface area contributed by atoms with Crippen LogP contribution in [0.1, 0.15) is 40.1 Å². The van der Waals surface area contributed by atoms with Crippen LogP contribution in [-0.4, -0.2) is 18.7 Å². The van der Waals surface area contributed by atoms with E-state index in [4.69, 9.17) is 4.74 Å². The standard InChI is InChI=1S/C12H14O3/c1-4-15-12-6-10(7-13)11(9(3)14)5-8(12)2/h5-7H,4H2,1-3H3. The van der Waals surface area contributed by atoms with Gasteiger partial charge in [0.15, 0.2) is 12.1 Å². The second-order valence-corrected chi connectivity index (χ2v) is 3.31. The summed E-state index contributed by atoms with van der Waals surface area (Å²) in [6.07, 6.45) is 0.679. The highest BCUT2D eigenvalue weighted by Gasteiger charge is 2.10. The number of rotatable bonds is 4. The van der Waals surface area contributed by atoms with Gasteiger partial charge < -0.3 is 4.74 Å². The van der Waals surface area contributed by atoms with E-state index in [2.05, 4.69) is 0 Å². The fourth-order valence-electron chi connectivity index (χ4n) is 1.42. The number of Topliss-reactive ketones (excluding diaryl/α,β-unsaturated/α-hetero) is 1. The summed E-state index contributed by atoms with van der Waals surface area (Å²) in [4.78, 5) is 22.0. The number of ether oxygens (including phenoxy) is 1. The lowest BCUT2D eigenvalue weighted by molar-refractivity contribution is 0.100. The molecular formula is C12H14O3. The van der Waals surface area contributed by atoms with E-state index in [1.165, 1.54) is 6.92 Å². The number of hydrogen-bond donors (Lipinski definition) is 0. The molecule has 0 saturated carbocycles. The highest BCUT2D eigenvalue weighted by molar-refractivity contribution is 6.01. The van der Waals surface area contributed by atoms with Crippen LogP contribution < -0.4 is 4.74 Å². The summed E-state index contributed by atoms with van der Waals surface area (Å²) in [6.45, 7) is 5.71. The maximum atomic E-state index is 11.2. The van der Waals surface area contributed by atoms with Gasteiger partial charge in [-0.2, -0.15) is 0 Å². The molecule has 0 saturated heterocycles. The molecule has 15 heavy (non-hydrogen) atoms. The van der Waals surface area contributed by atoms with E-state index in [0.29, 0.717) is 29.8 Å². The Labute approximate surface area is 89.1 Å². The van der Waals surface area contributed by atoms with Gasteiger partial charge in [0.05, 0.1) is 6.61 Å². The van der Waals surface area contributed by atoms with Gasteiger partial charge in [0, 0.05) is 11.1 Å². The van der Waals surface area contributed by atoms with Gasteiger partial charge in [0.1, 0.15) is 5.75 Å². The van der Waals surface area contributed by atoms with E-state index in [0.717, 1.165) is 5.56 Å². The normalized spacial score (nSPS) is 9.80. The average Bonchev–Trinajstić information content (AvgIpc) is 2.20. The molecule has 3 nitrogen and oxygen atoms in total. The van der Waals surface area contributed by atoms with Gasteiger partial charge in [-0.3, -0.25) is 9.59 Å². The summed E-state index contributed by atoms with van der Waals surface area (Å²) in [6, 6.07) is 3.31. The largest absolute Gasteiger partial charge is 0.494 e. The Hall–Kier alpha value is -1.64. The Morgan fingerprint density at radius 2 is 2.13 bits per heavy atom. The molecule has 0 aliphatic carbocycles. The van der Waals surface area contributed by atoms with Gasteiger partial charge in [0.2, 0.25) is 0 Å². The second kappa shape index (κ2) is 4.73. The number of benzene rings is 1. The molecule has 0 bridgehead atoms. The van der Waals surface area contributed by atoms with Crippen LogP contribution in [0.3, 0.4) is 0 Å². The minimum Gasteiger partial charge on any atom is -0.494 e. The highest BCUT2D eigenvalue weighted by Crippen LogP contribution is 2.22. The van der Waals surface area contributed by atoms with Gasteiger partial charge >= 0.3 is 0 Å². The van der Waals surface area contributed by atoms with E-state index in [-0.39, 0.29) is 5.78 Å². The smallest absolute Gasteiger partial charge is 0.160 e. The Morgan fingerprint density at radius 3 is 2.60 bits per heavy atom. The quantitative estimate of drug-likeness (QED) is 0.561. The first-order chi connectivity index (χ1) is 7.10. The molecule has 0 N–H and O–H groups in total. The van der Waals surface area contributed by atoms with Crippen molar-refractivity contribution in [2.45, 2.75) is 20.8 Å². The molecule has 1 rings (SSSR count). The first-order valence-electron chi connectivity index (χ1n) is 4.83. The summed E-state index contributed by atoms with van der Waals surface area (Å²) in [5.41, 5.74) is 1.70. The van der Waals surface area contributed by atoms with Crippen molar-refractivity contribution in [3.8, 4) is 5.75 Å². The average molecular weight is 206 g/mol. The van der Waals surface area contributed by atoms with E-state index in [9.17, 15) is 9.59 Å². The van der Waals surface area contributed by atoms with Crippen LogP contribution in [0, 0.1) is 6.92 Å². The molecule has 0 fully saturated rings. The minimum absolute atomic E-state index is 0.108. The fourth-order valence-corrected chi connectivity index (χ4v) is 1.42. The van der Waals surface area contributed by atoms with E-state index < -0.39 is 0 Å². The van der Waals surface area contributed by atoms with Crippen molar-refractivity contribution in [3.63, 3.8) is 0 Å². The second-order valence-electron chi connectivity index (χ2n) is 3.31. The lowest BCUT2D eigenvalue weighted by Crippen LogP contribution is -2.02. The maximum absolute atomic E-state index is 11.2. The predicted molar refractivity (Wildman–Crippen MR) is 57.7 cm³/mol. The summed E-state index contributed by atoms with van der Waals surface area (Å²) >= 11 is 0.